The van der Waals surface area contributed by atoms with E-state index in [9.17, 15) is 0 Å². The lowest BCUT2D eigenvalue weighted by atomic mass is 9.81. The van der Waals surface area contributed by atoms with E-state index in [1.54, 1.807) is 0 Å². The molecule has 0 aliphatic rings. The molecule has 0 unspecified atom stereocenters. The number of aromatic nitrogens is 2. The Morgan fingerprint density at radius 3 is 0.818 bits per heavy atom. The first-order valence-electron chi connectivity index (χ1n) is 38.5. The third-order valence-electron chi connectivity index (χ3n) is 23.1. The van der Waals surface area contributed by atoms with Crippen LogP contribution in [0.3, 0.4) is 0 Å². The lowest BCUT2D eigenvalue weighted by Crippen LogP contribution is -2.10. The van der Waals surface area contributed by atoms with Gasteiger partial charge in [0.05, 0.1) is 22.1 Å². The molecular formula is C108H82N2. The van der Waals surface area contributed by atoms with Crippen molar-refractivity contribution in [2.24, 2.45) is 0 Å². The monoisotopic (exact) mass is 1410 g/mol. The van der Waals surface area contributed by atoms with Gasteiger partial charge in [-0.2, -0.15) is 0 Å². The number of benzene rings is 18. The van der Waals surface area contributed by atoms with Crippen molar-refractivity contribution in [1.82, 2.24) is 9.13 Å². The average Bonchev–Trinajstić information content (AvgIpc) is 0.951. The second-order valence-corrected chi connectivity index (χ2v) is 30.9. The van der Waals surface area contributed by atoms with Gasteiger partial charge in [-0.05, 0) is 272 Å². The van der Waals surface area contributed by atoms with Gasteiger partial charge in [-0.3, -0.25) is 0 Å². The van der Waals surface area contributed by atoms with Crippen molar-refractivity contribution in [3.63, 3.8) is 0 Å². The molecular weight excluding hydrogens is 1330 g/mol. The van der Waals surface area contributed by atoms with Gasteiger partial charge in [-0.15, -0.1) is 0 Å². The van der Waals surface area contributed by atoms with E-state index in [0.29, 0.717) is 0 Å². The molecule has 110 heavy (non-hydrogen) atoms. The molecule has 0 amide bonds. The molecule has 18 aromatic carbocycles. The highest BCUT2D eigenvalue weighted by molar-refractivity contribution is 6.24. The van der Waals surface area contributed by atoms with Crippen molar-refractivity contribution in [3.05, 3.63) is 398 Å². The van der Waals surface area contributed by atoms with Crippen molar-refractivity contribution in [2.45, 2.75) is 53.9 Å². The normalized spacial score (nSPS) is 11.8. The molecule has 0 aliphatic carbocycles. The van der Waals surface area contributed by atoms with E-state index in [1.807, 2.05) is 0 Å². The van der Waals surface area contributed by atoms with Crippen LogP contribution in [0.15, 0.2) is 370 Å². The fraction of sp³-hybridized carbons (Fsp3) is 0.0741. The lowest BCUT2D eigenvalue weighted by Gasteiger charge is -2.23. The second kappa shape index (κ2) is 27.4. The van der Waals surface area contributed by atoms with Crippen LogP contribution in [0, 0.1) is 27.7 Å². The van der Waals surface area contributed by atoms with Crippen molar-refractivity contribution >= 4 is 86.7 Å². The molecule has 0 aliphatic heterocycles. The van der Waals surface area contributed by atoms with Crippen LogP contribution in [0.2, 0.25) is 0 Å². The Hall–Kier alpha value is -13.4. The average molecular weight is 1410 g/mol. The van der Waals surface area contributed by atoms with E-state index in [1.165, 1.54) is 204 Å². The Morgan fingerprint density at radius 1 is 0.173 bits per heavy atom. The SMILES string of the molecule is CC(C)(C)c1ccc2c(-c3ccccc3)c3ccccc3c(-c3ccc(-n4c5ccccc5c5cc(-c6cccc(-c7ccccc7)c6)ccc54)cc3)c2c1.Cc1cc2c(-c3ccccc3)c3cc(C)c(C)cc3c(-c3ccc(-n4c5ccccc5c5cc(-c6cccc(-c7ccccc7)c6)ccc54)cc3)c2cc1C. The van der Waals surface area contributed by atoms with Crippen molar-refractivity contribution in [1.29, 1.82) is 0 Å². The van der Waals surface area contributed by atoms with Crippen molar-refractivity contribution in [2.75, 3.05) is 0 Å². The van der Waals surface area contributed by atoms with Crippen LogP contribution in [-0.4, -0.2) is 9.13 Å². The van der Waals surface area contributed by atoms with Crippen LogP contribution in [0.25, 0.3) is 187 Å². The van der Waals surface area contributed by atoms with Gasteiger partial charge in [-0.1, -0.05) is 312 Å². The molecule has 0 fully saturated rings. The second-order valence-electron chi connectivity index (χ2n) is 30.9. The Labute approximate surface area is 643 Å². The quantitative estimate of drug-likeness (QED) is 0.121. The van der Waals surface area contributed by atoms with Crippen LogP contribution in [0.1, 0.15) is 48.6 Å². The maximum Gasteiger partial charge on any atom is 0.0541 e. The molecule has 2 aromatic heterocycles. The van der Waals surface area contributed by atoms with Crippen molar-refractivity contribution in [3.8, 4) is 100 Å². The first-order chi connectivity index (χ1) is 53.8. The Kier molecular flexibility index (Phi) is 16.8. The molecule has 0 bridgehead atoms. The summed E-state index contributed by atoms with van der Waals surface area (Å²) < 4.78 is 4.85. The number of rotatable bonds is 10. The first-order valence-corrected chi connectivity index (χ1v) is 38.5. The minimum Gasteiger partial charge on any atom is -0.309 e. The number of nitrogens with zero attached hydrogens (tertiary/aromatic N) is 2. The van der Waals surface area contributed by atoms with Crippen LogP contribution in [0.5, 0.6) is 0 Å². The predicted octanol–water partition coefficient (Wildman–Crippen LogP) is 30.0. The number of fused-ring (bicyclic) bond motifs is 10. The summed E-state index contributed by atoms with van der Waals surface area (Å²) in [4.78, 5) is 0. The van der Waals surface area contributed by atoms with Crippen LogP contribution in [0.4, 0.5) is 0 Å². The molecule has 20 aromatic rings. The van der Waals surface area contributed by atoms with E-state index in [0.717, 1.165) is 11.4 Å². The van der Waals surface area contributed by atoms with Crippen molar-refractivity contribution < 1.29 is 0 Å². The van der Waals surface area contributed by atoms with Gasteiger partial charge in [0.2, 0.25) is 0 Å². The number of aryl methyl sites for hydroxylation is 4. The van der Waals surface area contributed by atoms with E-state index in [-0.39, 0.29) is 5.41 Å². The molecule has 20 rings (SSSR count). The van der Waals surface area contributed by atoms with E-state index in [2.05, 4.69) is 428 Å². The van der Waals surface area contributed by atoms with Gasteiger partial charge in [0, 0.05) is 32.9 Å². The molecule has 0 spiro atoms. The summed E-state index contributed by atoms with van der Waals surface area (Å²) >= 11 is 0. The largest absolute Gasteiger partial charge is 0.309 e. The summed E-state index contributed by atoms with van der Waals surface area (Å²) in [7, 11) is 0. The topological polar surface area (TPSA) is 9.86 Å². The summed E-state index contributed by atoms with van der Waals surface area (Å²) in [5.41, 5.74) is 33.7. The summed E-state index contributed by atoms with van der Waals surface area (Å²) in [6.45, 7) is 15.9. The first kappa shape index (κ1) is 67.2. The minimum atomic E-state index is 0.0228. The molecule has 2 nitrogen and oxygen atoms in total. The zero-order valence-corrected chi connectivity index (χ0v) is 63.1. The summed E-state index contributed by atoms with van der Waals surface area (Å²) in [6, 6.07) is 137. The lowest BCUT2D eigenvalue weighted by molar-refractivity contribution is 0.591. The molecule has 0 atom stereocenters. The molecule has 0 radical (unpaired) electrons. The summed E-state index contributed by atoms with van der Waals surface area (Å²) in [5.74, 6) is 0. The summed E-state index contributed by atoms with van der Waals surface area (Å²) in [6.07, 6.45) is 0. The standard InChI is InChI=1S/2C54H41N/c1-34-28-47-49(30-36(34)3)54(50-31-37(4)35(2)29-48(50)53(47)39-16-9-6-10-17-39)40-22-25-44(26-23-40)55-51-21-12-11-20-45(51)46-33-43(24-27-52(46)55)42-19-13-18-41(32-42)38-14-7-5-8-15-38;1-54(2,3)42-28-31-47-49(35-42)53(46-23-11-10-22-45(46)52(47)37-17-8-5-9-18-37)38-25-29-43(30-26-38)55-50-24-13-12-21-44(50)48-34-41(27-32-51(48)55)40-20-14-19-39(33-40)36-15-6-4-7-16-36/h5-33H,1-4H3;4-35H,1-3H3. The number of hydrogen-bond acceptors (Lipinski definition) is 0. The van der Waals surface area contributed by atoms with E-state index < -0.39 is 0 Å². The maximum atomic E-state index is 2.44. The van der Waals surface area contributed by atoms with Gasteiger partial charge >= 0.3 is 0 Å². The van der Waals surface area contributed by atoms with Gasteiger partial charge in [0.25, 0.3) is 0 Å². The molecule has 2 heterocycles. The fourth-order valence-corrected chi connectivity index (χ4v) is 17.3. The Balaban J connectivity index is 0.000000149. The van der Waals surface area contributed by atoms with Crippen LogP contribution >= 0.6 is 0 Å². The Bertz CT molecular complexity index is 6900. The summed E-state index contributed by atoms with van der Waals surface area (Å²) in [5, 5.41) is 15.3. The molecule has 0 N–H and O–H groups in total. The number of para-hydroxylation sites is 2. The molecule has 0 saturated heterocycles. The van der Waals surface area contributed by atoms with E-state index >= 15 is 0 Å². The molecule has 524 valence electrons. The molecule has 0 saturated carbocycles. The highest BCUT2D eigenvalue weighted by atomic mass is 15.0. The smallest absolute Gasteiger partial charge is 0.0541 e. The third kappa shape index (κ3) is 11.8. The van der Waals surface area contributed by atoms with Crippen LogP contribution < -0.4 is 0 Å². The minimum absolute atomic E-state index is 0.0228. The van der Waals surface area contributed by atoms with Gasteiger partial charge in [-0.25, -0.2) is 0 Å². The zero-order valence-electron chi connectivity index (χ0n) is 63.1. The van der Waals surface area contributed by atoms with E-state index in [4.69, 9.17) is 0 Å². The molecule has 2 heteroatoms. The van der Waals surface area contributed by atoms with Gasteiger partial charge in [0.15, 0.2) is 0 Å². The third-order valence-corrected chi connectivity index (χ3v) is 23.1. The van der Waals surface area contributed by atoms with Gasteiger partial charge < -0.3 is 9.13 Å². The maximum absolute atomic E-state index is 2.44. The van der Waals surface area contributed by atoms with Gasteiger partial charge in [0.1, 0.15) is 0 Å². The van der Waals surface area contributed by atoms with Crippen LogP contribution in [-0.2, 0) is 5.41 Å². The Morgan fingerprint density at radius 2 is 0.436 bits per heavy atom. The number of hydrogen-bond donors (Lipinski definition) is 0. The highest BCUT2D eigenvalue weighted by Crippen LogP contribution is 2.49. The predicted molar refractivity (Wildman–Crippen MR) is 473 cm³/mol. The highest BCUT2D eigenvalue weighted by Gasteiger charge is 2.24. The fourth-order valence-electron chi connectivity index (χ4n) is 17.3. The zero-order chi connectivity index (χ0) is 74.3.